The Morgan fingerprint density at radius 2 is 2.08 bits per heavy atom. The Bertz CT molecular complexity index is 269. The van der Waals surface area contributed by atoms with Gasteiger partial charge in [0.1, 0.15) is 5.82 Å². The number of hydrogen-bond donors (Lipinski definition) is 1. The zero-order chi connectivity index (χ0) is 9.90. The Morgan fingerprint density at radius 3 is 2.54 bits per heavy atom. The number of hydrogen-bond acceptors (Lipinski definition) is 3. The molecule has 13 heavy (non-hydrogen) atoms. The van der Waals surface area contributed by atoms with E-state index in [2.05, 4.69) is 15.5 Å². The molecule has 1 heterocycles. The molecule has 0 unspecified atom stereocenters. The molecule has 0 saturated carbocycles. The highest BCUT2D eigenvalue weighted by Gasteiger charge is 2.15. The van der Waals surface area contributed by atoms with E-state index in [-0.39, 0.29) is 5.54 Å². The van der Waals surface area contributed by atoms with E-state index in [0.717, 1.165) is 11.5 Å². The predicted molar refractivity (Wildman–Crippen MR) is 55.2 cm³/mol. The van der Waals surface area contributed by atoms with Crippen molar-refractivity contribution in [2.45, 2.75) is 26.3 Å². The van der Waals surface area contributed by atoms with Crippen LogP contribution in [0.15, 0.2) is 12.1 Å². The maximum absolute atomic E-state index is 5.76. The smallest absolute Gasteiger partial charge is 0.149 e. The molecule has 1 aromatic heterocycles. The summed E-state index contributed by atoms with van der Waals surface area (Å²) in [6.07, 6.45) is 0. The number of rotatable bonds is 3. The molecule has 1 aromatic rings. The normalized spacial score (nSPS) is 11.4. The van der Waals surface area contributed by atoms with Gasteiger partial charge in [-0.25, -0.2) is 0 Å². The molecule has 0 spiro atoms. The van der Waals surface area contributed by atoms with Crippen molar-refractivity contribution in [1.82, 2.24) is 10.2 Å². The van der Waals surface area contributed by atoms with Crippen LogP contribution in [0.2, 0.25) is 0 Å². The number of anilines is 1. The van der Waals surface area contributed by atoms with Gasteiger partial charge in [-0.05, 0) is 32.9 Å². The lowest BCUT2D eigenvalue weighted by atomic mass is 10.1. The number of aromatic nitrogens is 2. The fourth-order valence-electron chi connectivity index (χ4n) is 0.846. The van der Waals surface area contributed by atoms with Gasteiger partial charge in [-0.15, -0.1) is 16.7 Å². The highest BCUT2D eigenvalue weighted by molar-refractivity contribution is 6.18. The molecule has 0 aliphatic carbocycles. The highest BCUT2D eigenvalue weighted by Crippen LogP contribution is 2.13. The van der Waals surface area contributed by atoms with Crippen LogP contribution in [0.3, 0.4) is 0 Å². The lowest BCUT2D eigenvalue weighted by Crippen LogP contribution is -2.33. The second-order valence-corrected chi connectivity index (χ2v) is 3.97. The molecule has 0 aromatic carbocycles. The molecule has 72 valence electrons. The van der Waals surface area contributed by atoms with Gasteiger partial charge >= 0.3 is 0 Å². The average molecular weight is 200 g/mol. The molecule has 4 heteroatoms. The Labute approximate surface area is 83.5 Å². The van der Waals surface area contributed by atoms with Crippen molar-refractivity contribution >= 4 is 17.4 Å². The van der Waals surface area contributed by atoms with Gasteiger partial charge in [-0.1, -0.05) is 0 Å². The summed E-state index contributed by atoms with van der Waals surface area (Å²) >= 11 is 5.76. The molecule has 0 bridgehead atoms. The van der Waals surface area contributed by atoms with Crippen LogP contribution in [0.1, 0.15) is 19.5 Å². The summed E-state index contributed by atoms with van der Waals surface area (Å²) in [4.78, 5) is 0. The number of halogens is 1. The van der Waals surface area contributed by atoms with Crippen LogP contribution < -0.4 is 5.32 Å². The topological polar surface area (TPSA) is 37.8 Å². The third-order valence-corrected chi connectivity index (χ3v) is 2.27. The Morgan fingerprint density at radius 1 is 1.38 bits per heavy atom. The minimum absolute atomic E-state index is 0.147. The van der Waals surface area contributed by atoms with Crippen LogP contribution in [0, 0.1) is 6.92 Å². The zero-order valence-corrected chi connectivity index (χ0v) is 8.89. The van der Waals surface area contributed by atoms with Gasteiger partial charge in [-0.2, -0.15) is 5.10 Å². The minimum Gasteiger partial charge on any atom is -0.363 e. The van der Waals surface area contributed by atoms with Gasteiger partial charge in [0.25, 0.3) is 0 Å². The predicted octanol–water partition coefficient (Wildman–Crippen LogP) is 2.21. The molecule has 0 aliphatic heterocycles. The number of alkyl halides is 1. The maximum Gasteiger partial charge on any atom is 0.149 e. The highest BCUT2D eigenvalue weighted by atomic mass is 35.5. The van der Waals surface area contributed by atoms with Crippen molar-refractivity contribution in [3.05, 3.63) is 17.8 Å². The Balaban J connectivity index is 2.69. The van der Waals surface area contributed by atoms with Crippen LogP contribution in [0.4, 0.5) is 5.82 Å². The van der Waals surface area contributed by atoms with Crippen molar-refractivity contribution in [2.75, 3.05) is 11.2 Å². The number of aryl methyl sites for hydroxylation is 1. The van der Waals surface area contributed by atoms with Gasteiger partial charge in [-0.3, -0.25) is 0 Å². The monoisotopic (exact) mass is 199 g/mol. The van der Waals surface area contributed by atoms with E-state index in [1.807, 2.05) is 32.9 Å². The molecule has 0 atom stereocenters. The average Bonchev–Trinajstić information content (AvgIpc) is 2.09. The molecule has 0 aliphatic rings. The third-order valence-electron chi connectivity index (χ3n) is 1.60. The van der Waals surface area contributed by atoms with Gasteiger partial charge in [0.15, 0.2) is 0 Å². The standard InChI is InChI=1S/C9H14ClN3/c1-7-4-5-8(13-12-7)11-9(2,3)6-10/h4-5H,6H2,1-3H3,(H,11,13). The summed E-state index contributed by atoms with van der Waals surface area (Å²) in [7, 11) is 0. The van der Waals surface area contributed by atoms with Gasteiger partial charge in [0.05, 0.1) is 5.69 Å². The minimum atomic E-state index is -0.147. The Kier molecular flexibility index (Phi) is 3.09. The number of nitrogens with zero attached hydrogens (tertiary/aromatic N) is 2. The zero-order valence-electron chi connectivity index (χ0n) is 8.13. The van der Waals surface area contributed by atoms with Crippen molar-refractivity contribution < 1.29 is 0 Å². The van der Waals surface area contributed by atoms with Crippen LogP contribution in [-0.4, -0.2) is 21.6 Å². The first-order valence-electron chi connectivity index (χ1n) is 4.18. The summed E-state index contributed by atoms with van der Waals surface area (Å²) < 4.78 is 0. The van der Waals surface area contributed by atoms with Crippen LogP contribution in [0.25, 0.3) is 0 Å². The van der Waals surface area contributed by atoms with E-state index < -0.39 is 0 Å². The van der Waals surface area contributed by atoms with E-state index in [9.17, 15) is 0 Å². The lowest BCUT2D eigenvalue weighted by Gasteiger charge is -2.23. The number of nitrogens with one attached hydrogen (secondary N) is 1. The van der Waals surface area contributed by atoms with E-state index in [4.69, 9.17) is 11.6 Å². The molecular formula is C9H14ClN3. The maximum atomic E-state index is 5.76. The van der Waals surface area contributed by atoms with E-state index in [1.54, 1.807) is 0 Å². The summed E-state index contributed by atoms with van der Waals surface area (Å²) in [6.45, 7) is 5.94. The third kappa shape index (κ3) is 3.19. The fourth-order valence-corrected chi connectivity index (χ4v) is 0.913. The van der Waals surface area contributed by atoms with Crippen molar-refractivity contribution in [2.24, 2.45) is 0 Å². The van der Waals surface area contributed by atoms with E-state index >= 15 is 0 Å². The van der Waals surface area contributed by atoms with Crippen molar-refractivity contribution in [3.63, 3.8) is 0 Å². The molecule has 1 rings (SSSR count). The van der Waals surface area contributed by atoms with Crippen molar-refractivity contribution in [3.8, 4) is 0 Å². The SMILES string of the molecule is Cc1ccc(NC(C)(C)CCl)nn1. The first-order chi connectivity index (χ1) is 6.03. The molecule has 1 N–H and O–H groups in total. The summed E-state index contributed by atoms with van der Waals surface area (Å²) in [5.74, 6) is 1.29. The largest absolute Gasteiger partial charge is 0.363 e. The molecular weight excluding hydrogens is 186 g/mol. The summed E-state index contributed by atoms with van der Waals surface area (Å²) in [5.41, 5.74) is 0.764. The lowest BCUT2D eigenvalue weighted by molar-refractivity contribution is 0.635. The van der Waals surface area contributed by atoms with E-state index in [1.165, 1.54) is 0 Å². The first kappa shape index (κ1) is 10.3. The second-order valence-electron chi connectivity index (χ2n) is 3.70. The molecule has 0 radical (unpaired) electrons. The summed E-state index contributed by atoms with van der Waals surface area (Å²) in [6, 6.07) is 3.82. The molecule has 0 amide bonds. The second kappa shape index (κ2) is 3.92. The first-order valence-corrected chi connectivity index (χ1v) is 4.71. The van der Waals surface area contributed by atoms with Gasteiger partial charge < -0.3 is 5.32 Å². The quantitative estimate of drug-likeness (QED) is 0.759. The van der Waals surface area contributed by atoms with Crippen LogP contribution in [0.5, 0.6) is 0 Å². The van der Waals surface area contributed by atoms with Crippen molar-refractivity contribution in [1.29, 1.82) is 0 Å². The molecule has 0 fully saturated rings. The molecule has 0 saturated heterocycles. The fraction of sp³-hybridized carbons (Fsp3) is 0.556. The van der Waals surface area contributed by atoms with Crippen LogP contribution >= 0.6 is 11.6 Å². The molecule has 3 nitrogen and oxygen atoms in total. The van der Waals surface area contributed by atoms with Gasteiger partial charge in [0.2, 0.25) is 0 Å². The van der Waals surface area contributed by atoms with Crippen LogP contribution in [-0.2, 0) is 0 Å². The van der Waals surface area contributed by atoms with E-state index in [0.29, 0.717) is 5.88 Å². The summed E-state index contributed by atoms with van der Waals surface area (Å²) in [5, 5.41) is 11.1. The Hall–Kier alpha value is -0.830. The van der Waals surface area contributed by atoms with Gasteiger partial charge in [0, 0.05) is 11.4 Å².